The number of rotatable bonds is 5. The molecule has 1 amide bonds. The molecule has 2 aliphatic heterocycles. The minimum absolute atomic E-state index is 0.0159. The molecule has 17 heteroatoms. The largest absolute Gasteiger partial charge is 0.490 e. The molecule has 0 radical (unpaired) electrons. The highest BCUT2D eigenvalue weighted by Gasteiger charge is 2.42. The molecule has 0 aromatic carbocycles. The molecule has 40 heavy (non-hydrogen) atoms. The van der Waals surface area contributed by atoms with Gasteiger partial charge in [-0.25, -0.2) is 19.6 Å². The van der Waals surface area contributed by atoms with E-state index in [2.05, 4.69) is 25.2 Å². The Balaban J connectivity index is 0.000000333. The first-order valence-electron chi connectivity index (χ1n) is 11.6. The highest BCUT2D eigenvalue weighted by molar-refractivity contribution is 5.81. The lowest BCUT2D eigenvalue weighted by Gasteiger charge is -2.33. The Bertz CT molecular complexity index is 1080. The van der Waals surface area contributed by atoms with Crippen LogP contribution in [0.4, 0.5) is 32.3 Å². The third kappa shape index (κ3) is 10.6. The molecule has 0 aliphatic carbocycles. The van der Waals surface area contributed by atoms with Gasteiger partial charge in [-0.2, -0.15) is 26.3 Å². The van der Waals surface area contributed by atoms with Crippen molar-refractivity contribution in [2.45, 2.75) is 43.8 Å². The van der Waals surface area contributed by atoms with E-state index in [9.17, 15) is 31.1 Å². The van der Waals surface area contributed by atoms with Crippen LogP contribution in [0.25, 0.3) is 0 Å². The molecule has 2 aromatic heterocycles. The highest BCUT2D eigenvalue weighted by Crippen LogP contribution is 2.34. The number of carboxylic acid groups (broad SMARTS) is 2. The zero-order valence-electron chi connectivity index (χ0n) is 20.6. The van der Waals surface area contributed by atoms with E-state index in [4.69, 9.17) is 24.5 Å². The number of hydrogen-bond donors (Lipinski definition) is 3. The number of alkyl halides is 6. The summed E-state index contributed by atoms with van der Waals surface area (Å²) < 4.78 is 69.5. The summed E-state index contributed by atoms with van der Waals surface area (Å²) in [7, 11) is 0. The molecule has 220 valence electrons. The lowest BCUT2D eigenvalue weighted by molar-refractivity contribution is -0.193. The quantitative estimate of drug-likeness (QED) is 0.449. The molecule has 4 heterocycles. The van der Waals surface area contributed by atoms with Gasteiger partial charge in [0, 0.05) is 50.3 Å². The van der Waals surface area contributed by atoms with Crippen molar-refractivity contribution in [1.29, 1.82) is 0 Å². The summed E-state index contributed by atoms with van der Waals surface area (Å²) in [5, 5.41) is 17.2. The summed E-state index contributed by atoms with van der Waals surface area (Å²) in [6, 6.07) is 7.62. The Kier molecular flexibility index (Phi) is 11.6. The van der Waals surface area contributed by atoms with Gasteiger partial charge in [0.25, 0.3) is 0 Å². The summed E-state index contributed by atoms with van der Waals surface area (Å²) >= 11 is 0. The summed E-state index contributed by atoms with van der Waals surface area (Å²) in [6.07, 6.45) is -2.66. The van der Waals surface area contributed by atoms with E-state index in [-0.39, 0.29) is 18.1 Å². The van der Waals surface area contributed by atoms with Gasteiger partial charge in [-0.3, -0.25) is 9.78 Å². The minimum atomic E-state index is -5.08. The van der Waals surface area contributed by atoms with Crippen molar-refractivity contribution in [3.8, 4) is 0 Å². The number of ether oxygens (including phenoxy) is 1. The molecule has 11 nitrogen and oxygen atoms in total. The molecule has 4 rings (SSSR count). The van der Waals surface area contributed by atoms with E-state index >= 15 is 0 Å². The molecule has 3 atom stereocenters. The van der Waals surface area contributed by atoms with Crippen molar-refractivity contribution in [2.24, 2.45) is 5.92 Å². The predicted molar refractivity (Wildman–Crippen MR) is 124 cm³/mol. The van der Waals surface area contributed by atoms with Crippen LogP contribution in [-0.4, -0.2) is 87.2 Å². The van der Waals surface area contributed by atoms with Crippen molar-refractivity contribution in [2.75, 3.05) is 24.5 Å². The molecule has 2 saturated heterocycles. The van der Waals surface area contributed by atoms with Crippen LogP contribution in [0.5, 0.6) is 0 Å². The number of hydrogen-bond acceptors (Lipinski definition) is 8. The number of carbonyl (C=O) groups is 3. The summed E-state index contributed by atoms with van der Waals surface area (Å²) in [5.41, 5.74) is 0.979. The number of fused-ring (bicyclic) bond motifs is 1. The van der Waals surface area contributed by atoms with Gasteiger partial charge in [-0.1, -0.05) is 6.07 Å². The summed E-state index contributed by atoms with van der Waals surface area (Å²) in [6.45, 7) is 2.23. The first-order chi connectivity index (χ1) is 18.7. The molecule has 0 unspecified atom stereocenters. The smallest absolute Gasteiger partial charge is 0.475 e. The Morgan fingerprint density at radius 1 is 0.950 bits per heavy atom. The number of pyridine rings is 1. The topological polar surface area (TPSA) is 155 Å². The van der Waals surface area contributed by atoms with Crippen LogP contribution in [0.1, 0.15) is 18.5 Å². The minimum Gasteiger partial charge on any atom is -0.475 e. The summed E-state index contributed by atoms with van der Waals surface area (Å²) in [5.74, 6) is -4.36. The zero-order valence-corrected chi connectivity index (χ0v) is 20.6. The Hall–Kier alpha value is -4.02. The predicted octanol–water partition coefficient (Wildman–Crippen LogP) is 2.48. The third-order valence-corrected chi connectivity index (χ3v) is 5.57. The number of halogens is 6. The maximum Gasteiger partial charge on any atom is 0.490 e. The monoisotopic (exact) mass is 581 g/mol. The maximum atomic E-state index is 12.4. The third-order valence-electron chi connectivity index (χ3n) is 5.57. The van der Waals surface area contributed by atoms with Gasteiger partial charge < -0.3 is 25.2 Å². The molecule has 3 N–H and O–H groups in total. The second-order valence-corrected chi connectivity index (χ2v) is 8.41. The van der Waals surface area contributed by atoms with Crippen molar-refractivity contribution < 1.29 is 55.7 Å². The standard InChI is InChI=1S/C19H23N5O2.2C2HF3O2/c25-18(21-10-5-15-4-1-2-7-20-15)16-12-14-6-11-24(13-17(14)26-16)19-22-8-3-9-23-19;2*3-2(4,5)1(6)7/h1-4,7-9,14,16-17H,5-6,10-13H2,(H,21,25);2*(H,6,7)/t14-,16+,17+;;/m0../s1. The van der Waals surface area contributed by atoms with E-state index in [1.54, 1.807) is 18.6 Å². The number of carbonyl (C=O) groups excluding carboxylic acids is 1. The van der Waals surface area contributed by atoms with Gasteiger partial charge in [0.15, 0.2) is 0 Å². The second-order valence-electron chi connectivity index (χ2n) is 8.41. The fraction of sp³-hybridized carbons (Fsp3) is 0.478. The Morgan fingerprint density at radius 2 is 1.52 bits per heavy atom. The molecular formula is C23H25F6N5O6. The van der Waals surface area contributed by atoms with Crippen LogP contribution >= 0.6 is 0 Å². The molecule has 2 fully saturated rings. The Labute approximate surface area is 223 Å². The average Bonchev–Trinajstić information content (AvgIpc) is 3.33. The number of aromatic nitrogens is 3. The van der Waals surface area contributed by atoms with E-state index in [1.807, 2.05) is 24.3 Å². The molecule has 2 aliphatic rings. The number of aliphatic carboxylic acids is 2. The first-order valence-corrected chi connectivity index (χ1v) is 11.6. The van der Waals surface area contributed by atoms with Crippen LogP contribution in [0.15, 0.2) is 42.9 Å². The number of nitrogens with one attached hydrogen (secondary N) is 1. The lowest BCUT2D eigenvalue weighted by Crippen LogP contribution is -2.43. The zero-order chi connectivity index (χ0) is 29.9. The van der Waals surface area contributed by atoms with Crippen LogP contribution in [0.3, 0.4) is 0 Å². The second kappa shape index (κ2) is 14.4. The first kappa shape index (κ1) is 32.2. The lowest BCUT2D eigenvalue weighted by atomic mass is 9.92. The Morgan fingerprint density at radius 3 is 2.05 bits per heavy atom. The molecular weight excluding hydrogens is 556 g/mol. The van der Waals surface area contributed by atoms with Crippen molar-refractivity contribution in [3.63, 3.8) is 0 Å². The highest BCUT2D eigenvalue weighted by atomic mass is 19.4. The van der Waals surface area contributed by atoms with Crippen LogP contribution in [0.2, 0.25) is 0 Å². The van der Waals surface area contributed by atoms with Crippen molar-refractivity contribution in [1.82, 2.24) is 20.3 Å². The molecule has 0 bridgehead atoms. The number of piperidine rings is 1. The van der Waals surface area contributed by atoms with Crippen LogP contribution in [-0.2, 0) is 25.5 Å². The fourth-order valence-corrected chi connectivity index (χ4v) is 3.71. The average molecular weight is 581 g/mol. The van der Waals surface area contributed by atoms with E-state index in [1.165, 1.54) is 0 Å². The van der Waals surface area contributed by atoms with E-state index in [0.717, 1.165) is 44.0 Å². The number of anilines is 1. The van der Waals surface area contributed by atoms with Crippen LogP contribution in [0, 0.1) is 5.92 Å². The maximum absolute atomic E-state index is 12.4. The number of carboxylic acids is 2. The fourth-order valence-electron chi connectivity index (χ4n) is 3.71. The van der Waals surface area contributed by atoms with Crippen molar-refractivity contribution >= 4 is 23.8 Å². The van der Waals surface area contributed by atoms with Gasteiger partial charge in [0.1, 0.15) is 6.10 Å². The van der Waals surface area contributed by atoms with E-state index < -0.39 is 24.3 Å². The molecule has 2 aromatic rings. The van der Waals surface area contributed by atoms with Gasteiger partial charge in [-0.15, -0.1) is 0 Å². The molecule has 0 spiro atoms. The number of amides is 1. The number of nitrogens with zero attached hydrogens (tertiary/aromatic N) is 4. The SMILES string of the molecule is O=C(NCCc1ccccn1)[C@H]1C[C@@H]2CCN(c3ncccn3)C[C@H]2O1.O=C(O)C(F)(F)F.O=C(O)C(F)(F)F. The summed E-state index contributed by atoms with van der Waals surface area (Å²) in [4.78, 5) is 45.3. The molecule has 0 saturated carbocycles. The van der Waals surface area contributed by atoms with Gasteiger partial charge in [0.2, 0.25) is 11.9 Å². The van der Waals surface area contributed by atoms with E-state index in [0.29, 0.717) is 12.5 Å². The van der Waals surface area contributed by atoms with Gasteiger partial charge in [0.05, 0.1) is 6.10 Å². The van der Waals surface area contributed by atoms with Crippen LogP contribution < -0.4 is 10.2 Å². The van der Waals surface area contributed by atoms with Gasteiger partial charge >= 0.3 is 24.3 Å². The normalized spacial score (nSPS) is 20.1. The van der Waals surface area contributed by atoms with Gasteiger partial charge in [-0.05, 0) is 37.0 Å². The van der Waals surface area contributed by atoms with Crippen molar-refractivity contribution in [3.05, 3.63) is 48.5 Å².